The van der Waals surface area contributed by atoms with E-state index in [0.29, 0.717) is 17.7 Å². The van der Waals surface area contributed by atoms with E-state index in [0.717, 1.165) is 22.5 Å². The van der Waals surface area contributed by atoms with Crippen LogP contribution in [0.2, 0.25) is 0 Å². The van der Waals surface area contributed by atoms with E-state index in [1.165, 1.54) is 32.1 Å². The molecular weight excluding hydrogens is 348 g/mol. The summed E-state index contributed by atoms with van der Waals surface area (Å²) in [5.74, 6) is 0.493. The Bertz CT molecular complexity index is 954. The van der Waals surface area contributed by atoms with Crippen molar-refractivity contribution >= 4 is 17.3 Å². The number of anilines is 3. The maximum atomic E-state index is 8.82. The summed E-state index contributed by atoms with van der Waals surface area (Å²) in [6.07, 6.45) is 11.7. The fourth-order valence-corrected chi connectivity index (χ4v) is 3.52. The predicted octanol–water partition coefficient (Wildman–Crippen LogP) is 4.90. The van der Waals surface area contributed by atoms with E-state index < -0.39 is 0 Å². The maximum Gasteiger partial charge on any atom is 0.227 e. The van der Waals surface area contributed by atoms with Crippen LogP contribution in [0.5, 0.6) is 0 Å². The van der Waals surface area contributed by atoms with E-state index in [4.69, 9.17) is 5.26 Å². The minimum absolute atomic E-state index is 0.379. The number of hydrogen-bond acceptors (Lipinski definition) is 6. The number of aromatic nitrogens is 3. The first-order chi connectivity index (χ1) is 13.8. The quantitative estimate of drug-likeness (QED) is 0.664. The molecule has 1 fully saturated rings. The SMILES string of the molecule is N#Cc1ccc(Nc2ncc(-c3ccccc3NC3CCCCC3)cn2)cn1. The lowest BCUT2D eigenvalue weighted by atomic mass is 9.94. The zero-order valence-electron chi connectivity index (χ0n) is 15.6. The molecule has 1 aliphatic carbocycles. The average molecular weight is 370 g/mol. The standard InChI is InChI=1S/C22H22N6/c23-12-18-10-11-19(15-24-18)28-22-25-13-16(14-26-22)20-8-4-5-9-21(20)27-17-6-2-1-3-7-17/h4-5,8-11,13-15,17,27H,1-3,6-7H2,(H,25,26,28). The zero-order chi connectivity index (χ0) is 19.2. The average Bonchev–Trinajstić information content (AvgIpc) is 2.76. The highest BCUT2D eigenvalue weighted by atomic mass is 15.1. The molecule has 3 aromatic rings. The summed E-state index contributed by atoms with van der Waals surface area (Å²) in [7, 11) is 0. The molecule has 6 heteroatoms. The summed E-state index contributed by atoms with van der Waals surface area (Å²) in [6, 6.07) is 14.3. The second kappa shape index (κ2) is 8.49. The minimum atomic E-state index is 0.379. The van der Waals surface area contributed by atoms with Gasteiger partial charge in [0.25, 0.3) is 0 Å². The van der Waals surface area contributed by atoms with Crippen LogP contribution in [0.1, 0.15) is 37.8 Å². The van der Waals surface area contributed by atoms with E-state index in [9.17, 15) is 0 Å². The third-order valence-electron chi connectivity index (χ3n) is 4.99. The fraction of sp³-hybridized carbons (Fsp3) is 0.273. The zero-order valence-corrected chi connectivity index (χ0v) is 15.6. The molecule has 0 saturated heterocycles. The van der Waals surface area contributed by atoms with Crippen LogP contribution in [-0.4, -0.2) is 21.0 Å². The molecule has 2 N–H and O–H groups in total. The van der Waals surface area contributed by atoms with Gasteiger partial charge in [0.2, 0.25) is 5.95 Å². The Balaban J connectivity index is 1.49. The van der Waals surface area contributed by atoms with Crippen molar-refractivity contribution in [3.63, 3.8) is 0 Å². The van der Waals surface area contributed by atoms with Gasteiger partial charge in [-0.2, -0.15) is 5.26 Å². The van der Waals surface area contributed by atoms with Crippen LogP contribution >= 0.6 is 0 Å². The smallest absolute Gasteiger partial charge is 0.227 e. The van der Waals surface area contributed by atoms with Gasteiger partial charge in [0.05, 0.1) is 11.9 Å². The monoisotopic (exact) mass is 370 g/mol. The number of pyridine rings is 1. The Labute approximate surface area is 164 Å². The summed E-state index contributed by atoms with van der Waals surface area (Å²) < 4.78 is 0. The largest absolute Gasteiger partial charge is 0.382 e. The molecule has 1 aliphatic rings. The first-order valence-electron chi connectivity index (χ1n) is 9.63. The van der Waals surface area contributed by atoms with Crippen LogP contribution in [0.15, 0.2) is 55.0 Å². The van der Waals surface area contributed by atoms with Crippen LogP contribution < -0.4 is 10.6 Å². The molecule has 0 spiro atoms. The topological polar surface area (TPSA) is 86.5 Å². The number of nitrogens with one attached hydrogen (secondary N) is 2. The Morgan fingerprint density at radius 2 is 1.68 bits per heavy atom. The van der Waals surface area contributed by atoms with Gasteiger partial charge >= 0.3 is 0 Å². The summed E-state index contributed by atoms with van der Waals surface area (Å²) >= 11 is 0. The van der Waals surface area contributed by atoms with Gasteiger partial charge in [0.15, 0.2) is 0 Å². The number of hydrogen-bond donors (Lipinski definition) is 2. The Morgan fingerprint density at radius 1 is 0.893 bits per heavy atom. The van der Waals surface area contributed by atoms with E-state index in [2.05, 4.69) is 43.8 Å². The lowest BCUT2D eigenvalue weighted by Crippen LogP contribution is -2.22. The summed E-state index contributed by atoms with van der Waals surface area (Å²) in [4.78, 5) is 12.9. The molecule has 140 valence electrons. The number of nitriles is 1. The van der Waals surface area contributed by atoms with Crippen molar-refractivity contribution in [1.29, 1.82) is 5.26 Å². The van der Waals surface area contributed by atoms with Crippen molar-refractivity contribution in [2.24, 2.45) is 0 Å². The maximum absolute atomic E-state index is 8.82. The molecule has 0 bridgehead atoms. The molecule has 4 rings (SSSR count). The normalized spacial score (nSPS) is 14.2. The third-order valence-corrected chi connectivity index (χ3v) is 4.99. The molecule has 0 amide bonds. The Kier molecular flexibility index (Phi) is 5.43. The molecule has 6 nitrogen and oxygen atoms in total. The highest BCUT2D eigenvalue weighted by Gasteiger charge is 2.15. The molecule has 2 aromatic heterocycles. The van der Waals surface area contributed by atoms with Crippen molar-refractivity contribution in [3.8, 4) is 17.2 Å². The van der Waals surface area contributed by atoms with Crippen molar-refractivity contribution in [3.05, 3.63) is 60.7 Å². The highest BCUT2D eigenvalue weighted by Crippen LogP contribution is 2.30. The van der Waals surface area contributed by atoms with Crippen LogP contribution in [0.3, 0.4) is 0 Å². The molecule has 0 aliphatic heterocycles. The summed E-state index contributed by atoms with van der Waals surface area (Å²) in [5.41, 5.74) is 4.34. The first kappa shape index (κ1) is 17.9. The Hall–Kier alpha value is -3.46. The second-order valence-electron chi connectivity index (χ2n) is 6.99. The molecule has 28 heavy (non-hydrogen) atoms. The second-order valence-corrected chi connectivity index (χ2v) is 6.99. The molecular formula is C22H22N6. The van der Waals surface area contributed by atoms with Gasteiger partial charge in [-0.3, -0.25) is 0 Å². The highest BCUT2D eigenvalue weighted by molar-refractivity contribution is 5.77. The number of rotatable bonds is 5. The van der Waals surface area contributed by atoms with Gasteiger partial charge in [0, 0.05) is 35.2 Å². The number of nitrogens with zero attached hydrogens (tertiary/aromatic N) is 4. The van der Waals surface area contributed by atoms with Gasteiger partial charge in [-0.1, -0.05) is 37.5 Å². The molecule has 0 atom stereocenters. The molecule has 0 radical (unpaired) electrons. The number of benzene rings is 1. The molecule has 2 heterocycles. The van der Waals surface area contributed by atoms with Crippen LogP contribution in [0.25, 0.3) is 11.1 Å². The summed E-state index contributed by atoms with van der Waals surface area (Å²) in [5, 5.41) is 15.6. The van der Waals surface area contributed by atoms with Gasteiger partial charge < -0.3 is 10.6 Å². The van der Waals surface area contributed by atoms with Crippen LogP contribution in [-0.2, 0) is 0 Å². The van der Waals surface area contributed by atoms with Crippen molar-refractivity contribution < 1.29 is 0 Å². The van der Waals surface area contributed by atoms with E-state index >= 15 is 0 Å². The minimum Gasteiger partial charge on any atom is -0.382 e. The van der Waals surface area contributed by atoms with Crippen molar-refractivity contribution in [2.45, 2.75) is 38.1 Å². The van der Waals surface area contributed by atoms with Gasteiger partial charge in [-0.25, -0.2) is 15.0 Å². The summed E-state index contributed by atoms with van der Waals surface area (Å²) in [6.45, 7) is 0. The van der Waals surface area contributed by atoms with Gasteiger partial charge in [-0.05, 0) is 31.0 Å². The van der Waals surface area contributed by atoms with Crippen molar-refractivity contribution in [2.75, 3.05) is 10.6 Å². The van der Waals surface area contributed by atoms with Crippen molar-refractivity contribution in [1.82, 2.24) is 15.0 Å². The third kappa shape index (κ3) is 4.26. The van der Waals surface area contributed by atoms with E-state index in [1.54, 1.807) is 18.3 Å². The lowest BCUT2D eigenvalue weighted by Gasteiger charge is -2.25. The fourth-order valence-electron chi connectivity index (χ4n) is 3.52. The first-order valence-corrected chi connectivity index (χ1v) is 9.63. The van der Waals surface area contributed by atoms with Gasteiger partial charge in [0.1, 0.15) is 11.8 Å². The lowest BCUT2D eigenvalue weighted by molar-refractivity contribution is 0.463. The molecule has 0 unspecified atom stereocenters. The van der Waals surface area contributed by atoms with E-state index in [-0.39, 0.29) is 0 Å². The molecule has 1 aromatic carbocycles. The van der Waals surface area contributed by atoms with E-state index in [1.807, 2.05) is 24.5 Å². The van der Waals surface area contributed by atoms with Crippen LogP contribution in [0, 0.1) is 11.3 Å². The van der Waals surface area contributed by atoms with Gasteiger partial charge in [-0.15, -0.1) is 0 Å². The predicted molar refractivity (Wildman–Crippen MR) is 110 cm³/mol. The van der Waals surface area contributed by atoms with Crippen LogP contribution in [0.4, 0.5) is 17.3 Å². The molecule has 1 saturated carbocycles. The Morgan fingerprint density at radius 3 is 2.39 bits per heavy atom. The number of para-hydroxylation sites is 1.